The van der Waals surface area contributed by atoms with Gasteiger partial charge in [-0.2, -0.15) is 0 Å². The molecule has 34 heavy (non-hydrogen) atoms. The summed E-state index contributed by atoms with van der Waals surface area (Å²) in [5.74, 6) is 0.904. The normalized spacial score (nSPS) is 12.0. The number of carbonyl (C=O) groups excluding carboxylic acids is 2. The molecule has 0 aliphatic carbocycles. The Morgan fingerprint density at radius 3 is 2.62 bits per heavy atom. The third kappa shape index (κ3) is 5.74. The van der Waals surface area contributed by atoms with Gasteiger partial charge in [0.2, 0.25) is 6.79 Å². The molecule has 0 unspecified atom stereocenters. The number of nitrogens with two attached hydrogens (primary N) is 1. The molecule has 10 nitrogen and oxygen atoms in total. The van der Waals surface area contributed by atoms with Gasteiger partial charge in [-0.25, -0.2) is 4.79 Å². The second-order valence-corrected chi connectivity index (χ2v) is 8.71. The van der Waals surface area contributed by atoms with E-state index >= 15 is 0 Å². The molecule has 3 aromatic rings. The number of hydrogen-bond acceptors (Lipinski definition) is 8. The average molecular weight is 483 g/mol. The number of amides is 3. The monoisotopic (exact) mass is 482 g/mol. The number of benzene rings is 1. The SMILES string of the molecule is CN(C)CCN(Cc1ccc(C(=O)Nc2cscc2N)nc1)C(=O)Nc1ccc2c(c1)OCO2. The van der Waals surface area contributed by atoms with Gasteiger partial charge in [-0.1, -0.05) is 6.07 Å². The van der Waals surface area contributed by atoms with Crippen LogP contribution in [0.4, 0.5) is 21.9 Å². The predicted octanol–water partition coefficient (Wildman–Crippen LogP) is 3.30. The van der Waals surface area contributed by atoms with Crippen molar-refractivity contribution in [2.24, 2.45) is 0 Å². The summed E-state index contributed by atoms with van der Waals surface area (Å²) in [6.07, 6.45) is 1.60. The highest BCUT2D eigenvalue weighted by molar-refractivity contribution is 7.09. The molecule has 0 radical (unpaired) electrons. The summed E-state index contributed by atoms with van der Waals surface area (Å²) in [4.78, 5) is 33.4. The highest BCUT2D eigenvalue weighted by Crippen LogP contribution is 2.34. The quantitative estimate of drug-likeness (QED) is 0.450. The third-order valence-corrected chi connectivity index (χ3v) is 5.86. The van der Waals surface area contributed by atoms with E-state index < -0.39 is 0 Å². The Morgan fingerprint density at radius 1 is 1.09 bits per heavy atom. The fourth-order valence-electron chi connectivity index (χ4n) is 3.22. The van der Waals surface area contributed by atoms with Crippen LogP contribution in [0.25, 0.3) is 0 Å². The van der Waals surface area contributed by atoms with Gasteiger partial charge in [0.1, 0.15) is 5.69 Å². The summed E-state index contributed by atoms with van der Waals surface area (Å²) in [5, 5.41) is 9.18. The van der Waals surface area contributed by atoms with E-state index in [1.807, 2.05) is 19.0 Å². The van der Waals surface area contributed by atoms with E-state index in [0.717, 1.165) is 5.56 Å². The fourth-order valence-corrected chi connectivity index (χ4v) is 3.89. The standard InChI is InChI=1S/C23H26N6O4S/c1-28(2)7-8-29(23(31)26-16-4-6-20-21(9-16)33-14-32-20)11-15-3-5-18(25-10-15)22(30)27-19-13-34-12-17(19)24/h3-6,9-10,12-13H,7-8,11,14,24H2,1-2H3,(H,26,31)(H,27,30). The smallest absolute Gasteiger partial charge is 0.322 e. The maximum absolute atomic E-state index is 13.0. The first-order chi connectivity index (χ1) is 16.4. The molecular formula is C23H26N6O4S. The minimum Gasteiger partial charge on any atom is -0.454 e. The Hall–Kier alpha value is -3.83. The number of hydrogen-bond donors (Lipinski definition) is 3. The Balaban J connectivity index is 1.42. The van der Waals surface area contributed by atoms with Gasteiger partial charge in [0, 0.05) is 48.3 Å². The van der Waals surface area contributed by atoms with Crippen molar-refractivity contribution in [3.05, 3.63) is 58.5 Å². The lowest BCUT2D eigenvalue weighted by Crippen LogP contribution is -2.39. The molecule has 3 heterocycles. The van der Waals surface area contributed by atoms with E-state index in [1.165, 1.54) is 11.3 Å². The number of rotatable bonds is 8. The number of nitrogens with zero attached hydrogens (tertiary/aromatic N) is 3. The summed E-state index contributed by atoms with van der Waals surface area (Å²) in [6, 6.07) is 8.43. The first kappa shape index (κ1) is 23.3. The van der Waals surface area contributed by atoms with Crippen molar-refractivity contribution >= 4 is 40.3 Å². The predicted molar refractivity (Wildman–Crippen MR) is 131 cm³/mol. The molecule has 2 aromatic heterocycles. The number of likely N-dealkylation sites (N-methyl/N-ethyl adjacent to an activating group) is 1. The van der Waals surface area contributed by atoms with Crippen LogP contribution >= 0.6 is 11.3 Å². The van der Waals surface area contributed by atoms with Crippen molar-refractivity contribution in [3.8, 4) is 11.5 Å². The molecule has 0 bridgehead atoms. The van der Waals surface area contributed by atoms with Gasteiger partial charge in [0.15, 0.2) is 11.5 Å². The number of carbonyl (C=O) groups is 2. The molecule has 1 aliphatic rings. The van der Waals surface area contributed by atoms with E-state index in [2.05, 4.69) is 15.6 Å². The van der Waals surface area contributed by atoms with Crippen LogP contribution in [-0.4, -0.2) is 60.7 Å². The van der Waals surface area contributed by atoms with Gasteiger partial charge >= 0.3 is 6.03 Å². The van der Waals surface area contributed by atoms with E-state index in [0.29, 0.717) is 48.2 Å². The van der Waals surface area contributed by atoms with Crippen molar-refractivity contribution in [1.82, 2.24) is 14.8 Å². The summed E-state index contributed by atoms with van der Waals surface area (Å²) >= 11 is 1.41. The first-order valence-corrected chi connectivity index (χ1v) is 11.5. The van der Waals surface area contributed by atoms with E-state index in [9.17, 15) is 9.59 Å². The summed E-state index contributed by atoms with van der Waals surface area (Å²) in [6.45, 7) is 1.69. The lowest BCUT2D eigenvalue weighted by atomic mass is 10.2. The van der Waals surface area contributed by atoms with Crippen molar-refractivity contribution in [3.63, 3.8) is 0 Å². The van der Waals surface area contributed by atoms with Gasteiger partial charge in [-0.3, -0.25) is 9.78 Å². The first-order valence-electron chi connectivity index (χ1n) is 10.6. The molecule has 0 fully saturated rings. The molecular weight excluding hydrogens is 456 g/mol. The number of anilines is 3. The van der Waals surface area contributed by atoms with E-state index in [1.54, 1.807) is 52.2 Å². The van der Waals surface area contributed by atoms with Crippen LogP contribution in [-0.2, 0) is 6.54 Å². The molecule has 0 saturated carbocycles. The fraction of sp³-hybridized carbons (Fsp3) is 0.261. The minimum atomic E-state index is -0.346. The number of nitrogen functional groups attached to an aromatic ring is 1. The van der Waals surface area contributed by atoms with E-state index in [4.69, 9.17) is 15.2 Å². The number of nitrogens with one attached hydrogen (secondary N) is 2. The van der Waals surface area contributed by atoms with Gasteiger partial charge in [-0.15, -0.1) is 11.3 Å². The summed E-state index contributed by atoms with van der Waals surface area (Å²) in [7, 11) is 3.90. The number of thiophene rings is 1. The number of ether oxygens (including phenoxy) is 2. The molecule has 178 valence electrons. The van der Waals surface area contributed by atoms with Crippen LogP contribution in [0.2, 0.25) is 0 Å². The summed E-state index contributed by atoms with van der Waals surface area (Å²) < 4.78 is 10.7. The largest absolute Gasteiger partial charge is 0.454 e. The zero-order valence-electron chi connectivity index (χ0n) is 18.9. The van der Waals surface area contributed by atoms with Gasteiger partial charge in [0.25, 0.3) is 5.91 Å². The van der Waals surface area contributed by atoms with Crippen LogP contribution in [0.5, 0.6) is 11.5 Å². The van der Waals surface area contributed by atoms with Crippen LogP contribution in [0.1, 0.15) is 16.1 Å². The Morgan fingerprint density at radius 2 is 1.91 bits per heavy atom. The third-order valence-electron chi connectivity index (χ3n) is 5.10. The molecule has 0 saturated heterocycles. The second-order valence-electron chi connectivity index (χ2n) is 7.97. The van der Waals surface area contributed by atoms with Crippen LogP contribution in [0.3, 0.4) is 0 Å². The number of pyridine rings is 1. The lowest BCUT2D eigenvalue weighted by molar-refractivity contribution is 0.102. The zero-order valence-corrected chi connectivity index (χ0v) is 19.7. The molecule has 0 atom stereocenters. The van der Waals surface area contributed by atoms with Gasteiger partial charge < -0.3 is 35.6 Å². The van der Waals surface area contributed by atoms with Gasteiger partial charge in [-0.05, 0) is 37.9 Å². The Labute approximate surface area is 201 Å². The average Bonchev–Trinajstić information content (AvgIpc) is 3.45. The van der Waals surface area contributed by atoms with Gasteiger partial charge in [0.05, 0.1) is 11.4 Å². The minimum absolute atomic E-state index is 0.170. The van der Waals surface area contributed by atoms with Crippen molar-refractivity contribution in [2.75, 3.05) is 50.3 Å². The number of urea groups is 1. The van der Waals surface area contributed by atoms with Crippen molar-refractivity contribution in [2.45, 2.75) is 6.54 Å². The Kier molecular flexibility index (Phi) is 7.14. The second kappa shape index (κ2) is 10.4. The maximum atomic E-state index is 13.0. The van der Waals surface area contributed by atoms with Crippen molar-refractivity contribution in [1.29, 1.82) is 0 Å². The lowest BCUT2D eigenvalue weighted by Gasteiger charge is -2.25. The summed E-state index contributed by atoms with van der Waals surface area (Å²) in [5.41, 5.74) is 8.57. The molecule has 0 spiro atoms. The maximum Gasteiger partial charge on any atom is 0.322 e. The Bertz CT molecular complexity index is 1160. The van der Waals surface area contributed by atoms with E-state index in [-0.39, 0.29) is 24.4 Å². The number of fused-ring (bicyclic) bond motifs is 1. The highest BCUT2D eigenvalue weighted by Gasteiger charge is 2.18. The van der Waals surface area contributed by atoms with Crippen LogP contribution < -0.4 is 25.8 Å². The van der Waals surface area contributed by atoms with Crippen molar-refractivity contribution < 1.29 is 19.1 Å². The molecule has 1 aromatic carbocycles. The van der Waals surface area contributed by atoms with Crippen LogP contribution in [0.15, 0.2) is 47.3 Å². The number of aromatic nitrogens is 1. The zero-order chi connectivity index (χ0) is 24.1. The molecule has 4 N–H and O–H groups in total. The molecule has 1 aliphatic heterocycles. The molecule has 4 rings (SSSR count). The molecule has 3 amide bonds. The van der Waals surface area contributed by atoms with Crippen LogP contribution in [0, 0.1) is 0 Å². The topological polar surface area (TPSA) is 122 Å². The molecule has 11 heteroatoms. The highest BCUT2D eigenvalue weighted by atomic mass is 32.1.